The van der Waals surface area contributed by atoms with E-state index in [1.807, 2.05) is 19.1 Å². The van der Waals surface area contributed by atoms with Gasteiger partial charge in [-0.3, -0.25) is 4.79 Å². The lowest BCUT2D eigenvalue weighted by Crippen LogP contribution is -2.19. The third kappa shape index (κ3) is 6.49. The number of rotatable bonds is 10. The van der Waals surface area contributed by atoms with Crippen LogP contribution in [0, 0.1) is 0 Å². The molecule has 0 aliphatic rings. The van der Waals surface area contributed by atoms with Gasteiger partial charge >= 0.3 is 0 Å². The molecule has 0 fully saturated rings. The van der Waals surface area contributed by atoms with E-state index in [2.05, 4.69) is 51.1 Å². The number of phenols is 1. The summed E-state index contributed by atoms with van der Waals surface area (Å²) >= 11 is 4.44. The summed E-state index contributed by atoms with van der Waals surface area (Å²) in [6.45, 7) is 2.28. The molecule has 0 unspecified atom stereocenters. The number of amides is 1. The van der Waals surface area contributed by atoms with E-state index in [4.69, 9.17) is 4.74 Å². The minimum Gasteiger partial charge on any atom is -0.504 e. The van der Waals surface area contributed by atoms with Crippen molar-refractivity contribution in [1.82, 2.24) is 15.6 Å². The summed E-state index contributed by atoms with van der Waals surface area (Å²) in [4.78, 5) is 12.1. The molecule has 0 radical (unpaired) electrons. The molecule has 10 heteroatoms. The number of ether oxygens (including phenoxy) is 1. The molecule has 4 rings (SSSR count). The summed E-state index contributed by atoms with van der Waals surface area (Å²) in [5.74, 6) is 1.17. The summed E-state index contributed by atoms with van der Waals surface area (Å²) < 4.78 is 6.94. The molecular formula is C24H22N4O3S3. The fourth-order valence-corrected chi connectivity index (χ4v) is 5.91. The highest BCUT2D eigenvalue weighted by atomic mass is 32.2. The second-order valence-electron chi connectivity index (χ2n) is 7.00. The van der Waals surface area contributed by atoms with Gasteiger partial charge in [-0.1, -0.05) is 77.3 Å². The van der Waals surface area contributed by atoms with E-state index in [-0.39, 0.29) is 17.4 Å². The van der Waals surface area contributed by atoms with E-state index in [0.717, 1.165) is 14.4 Å². The lowest BCUT2D eigenvalue weighted by Gasteiger charge is -2.05. The van der Waals surface area contributed by atoms with Crippen LogP contribution in [0.3, 0.4) is 0 Å². The number of hydrazone groups is 1. The largest absolute Gasteiger partial charge is 0.504 e. The van der Waals surface area contributed by atoms with Gasteiger partial charge in [-0.15, -0.1) is 10.2 Å². The van der Waals surface area contributed by atoms with Crippen LogP contribution in [0.1, 0.15) is 18.1 Å². The quantitative estimate of drug-likeness (QED) is 0.169. The van der Waals surface area contributed by atoms with Crippen LogP contribution in [0.15, 0.2) is 74.4 Å². The first-order valence-corrected chi connectivity index (χ1v) is 13.2. The zero-order chi connectivity index (χ0) is 23.8. The molecule has 4 aromatic rings. The van der Waals surface area contributed by atoms with E-state index < -0.39 is 0 Å². The number of nitrogens with one attached hydrogen (secondary N) is 1. The molecule has 7 nitrogen and oxygen atoms in total. The van der Waals surface area contributed by atoms with Gasteiger partial charge in [0.15, 0.2) is 20.2 Å². The minimum absolute atomic E-state index is 0.0612. The topological polar surface area (TPSA) is 96.7 Å². The second kappa shape index (κ2) is 11.9. The molecule has 1 amide bonds. The van der Waals surface area contributed by atoms with Crippen LogP contribution >= 0.6 is 34.9 Å². The predicted molar refractivity (Wildman–Crippen MR) is 139 cm³/mol. The summed E-state index contributed by atoms with van der Waals surface area (Å²) in [6.07, 6.45) is 1.50. The third-order valence-electron chi connectivity index (χ3n) is 4.63. The number of aromatic hydroxyl groups is 1. The molecule has 34 heavy (non-hydrogen) atoms. The highest BCUT2D eigenvalue weighted by Gasteiger charge is 2.10. The number of hydrogen-bond acceptors (Lipinski definition) is 9. The molecular weight excluding hydrogens is 488 g/mol. The Labute approximate surface area is 209 Å². The van der Waals surface area contributed by atoms with E-state index in [9.17, 15) is 9.90 Å². The fourth-order valence-electron chi connectivity index (χ4n) is 3.09. The van der Waals surface area contributed by atoms with E-state index in [1.54, 1.807) is 23.9 Å². The average Bonchev–Trinajstić information content (AvgIpc) is 3.31. The zero-order valence-electron chi connectivity index (χ0n) is 18.3. The second-order valence-corrected chi connectivity index (χ2v) is 10.4. The normalized spacial score (nSPS) is 11.2. The Balaban J connectivity index is 1.25. The molecule has 3 aromatic carbocycles. The van der Waals surface area contributed by atoms with Crippen LogP contribution in [-0.2, 0) is 10.5 Å². The van der Waals surface area contributed by atoms with Gasteiger partial charge in [-0.25, -0.2) is 5.43 Å². The number of hydrogen-bond donors (Lipinski definition) is 2. The molecule has 0 atom stereocenters. The van der Waals surface area contributed by atoms with Crippen LogP contribution in [-0.4, -0.2) is 39.8 Å². The van der Waals surface area contributed by atoms with Gasteiger partial charge < -0.3 is 9.84 Å². The maximum atomic E-state index is 12.1. The Bertz CT molecular complexity index is 1300. The van der Waals surface area contributed by atoms with Crippen molar-refractivity contribution in [3.8, 4) is 11.5 Å². The van der Waals surface area contributed by atoms with Crippen LogP contribution in [0.5, 0.6) is 11.5 Å². The summed E-state index contributed by atoms with van der Waals surface area (Å²) in [6, 6.07) is 19.5. The SMILES string of the molecule is CCOc1cc(C=NNC(=O)CSc2nnc(SCc3cccc4ccccc34)s2)ccc1O. The van der Waals surface area contributed by atoms with Crippen molar-refractivity contribution in [2.24, 2.45) is 5.10 Å². The number of fused-ring (bicyclic) bond motifs is 1. The Morgan fingerprint density at radius 3 is 2.76 bits per heavy atom. The molecule has 1 aromatic heterocycles. The van der Waals surface area contributed by atoms with Crippen molar-refractivity contribution in [3.63, 3.8) is 0 Å². The van der Waals surface area contributed by atoms with Crippen LogP contribution < -0.4 is 10.2 Å². The molecule has 0 saturated heterocycles. The molecule has 0 spiro atoms. The van der Waals surface area contributed by atoms with Gasteiger partial charge in [0.25, 0.3) is 5.91 Å². The summed E-state index contributed by atoms with van der Waals surface area (Å²) in [5, 5.41) is 24.6. The van der Waals surface area contributed by atoms with Crippen molar-refractivity contribution < 1.29 is 14.6 Å². The maximum Gasteiger partial charge on any atom is 0.250 e. The van der Waals surface area contributed by atoms with Crippen LogP contribution in [0.4, 0.5) is 0 Å². The third-order valence-corrected chi connectivity index (χ3v) is 7.87. The fraction of sp³-hybridized carbons (Fsp3) is 0.167. The molecule has 0 saturated carbocycles. The van der Waals surface area contributed by atoms with Crippen LogP contribution in [0.25, 0.3) is 10.8 Å². The monoisotopic (exact) mass is 510 g/mol. The van der Waals surface area contributed by atoms with E-state index in [1.165, 1.54) is 51.7 Å². The Kier molecular flexibility index (Phi) is 8.40. The number of thioether (sulfide) groups is 2. The first-order chi connectivity index (χ1) is 16.6. The first kappa shape index (κ1) is 24.1. The summed E-state index contributed by atoms with van der Waals surface area (Å²) in [5.41, 5.74) is 4.45. The number of carbonyl (C=O) groups is 1. The van der Waals surface area contributed by atoms with E-state index in [0.29, 0.717) is 17.9 Å². The Morgan fingerprint density at radius 2 is 1.91 bits per heavy atom. The zero-order valence-corrected chi connectivity index (χ0v) is 20.8. The van der Waals surface area contributed by atoms with Crippen molar-refractivity contribution >= 4 is 57.8 Å². The minimum atomic E-state index is -0.245. The highest BCUT2D eigenvalue weighted by molar-refractivity contribution is 8.03. The van der Waals surface area contributed by atoms with Gasteiger partial charge in [0, 0.05) is 5.75 Å². The first-order valence-electron chi connectivity index (χ1n) is 10.5. The number of carbonyl (C=O) groups excluding carboxylic acids is 1. The maximum absolute atomic E-state index is 12.1. The number of benzene rings is 3. The van der Waals surface area contributed by atoms with Gasteiger partial charge in [-0.05, 0) is 47.0 Å². The van der Waals surface area contributed by atoms with Crippen molar-refractivity contribution in [2.45, 2.75) is 21.4 Å². The number of aromatic nitrogens is 2. The lowest BCUT2D eigenvalue weighted by molar-refractivity contribution is -0.118. The standard InChI is InChI=1S/C24H22N4O3S3/c1-2-31-21-12-16(10-11-20(21)29)13-25-26-22(30)15-33-24-28-27-23(34-24)32-14-18-8-5-7-17-6-3-4-9-19(17)18/h3-13,29H,2,14-15H2,1H3,(H,26,30). The van der Waals surface area contributed by atoms with Crippen molar-refractivity contribution in [2.75, 3.05) is 12.4 Å². The van der Waals surface area contributed by atoms with Gasteiger partial charge in [0.1, 0.15) is 0 Å². The molecule has 174 valence electrons. The highest BCUT2D eigenvalue weighted by Crippen LogP contribution is 2.32. The van der Waals surface area contributed by atoms with Gasteiger partial charge in [0.2, 0.25) is 0 Å². The number of phenolic OH excluding ortho intramolecular Hbond substituents is 1. The van der Waals surface area contributed by atoms with E-state index >= 15 is 0 Å². The predicted octanol–water partition coefficient (Wildman–Crippen LogP) is 5.33. The van der Waals surface area contributed by atoms with Gasteiger partial charge in [-0.2, -0.15) is 5.10 Å². The Morgan fingerprint density at radius 1 is 1.12 bits per heavy atom. The van der Waals surface area contributed by atoms with Crippen molar-refractivity contribution in [3.05, 3.63) is 71.8 Å². The van der Waals surface area contributed by atoms with Crippen molar-refractivity contribution in [1.29, 1.82) is 0 Å². The average molecular weight is 511 g/mol. The molecule has 0 aliphatic carbocycles. The van der Waals surface area contributed by atoms with Crippen LogP contribution in [0.2, 0.25) is 0 Å². The molecule has 1 heterocycles. The summed E-state index contributed by atoms with van der Waals surface area (Å²) in [7, 11) is 0. The smallest absolute Gasteiger partial charge is 0.250 e. The molecule has 2 N–H and O–H groups in total. The van der Waals surface area contributed by atoms with Gasteiger partial charge in [0.05, 0.1) is 18.6 Å². The molecule has 0 bridgehead atoms. The lowest BCUT2D eigenvalue weighted by atomic mass is 10.1. The number of nitrogens with zero attached hydrogens (tertiary/aromatic N) is 3. The molecule has 0 aliphatic heterocycles. The Hall–Kier alpha value is -3.08.